The molecule has 132 valence electrons. The molecule has 1 aliphatic heterocycles. The van der Waals surface area contributed by atoms with Crippen LogP contribution in [-0.4, -0.2) is 46.5 Å². The summed E-state index contributed by atoms with van der Waals surface area (Å²) in [5, 5.41) is 9.56. The molecule has 2 heterocycles. The summed E-state index contributed by atoms with van der Waals surface area (Å²) in [5.41, 5.74) is 1.57. The highest BCUT2D eigenvalue weighted by atomic mass is 35.5. The predicted octanol–water partition coefficient (Wildman–Crippen LogP) is 3.54. The van der Waals surface area contributed by atoms with Crippen molar-refractivity contribution >= 4 is 23.6 Å². The first-order chi connectivity index (χ1) is 11.4. The van der Waals surface area contributed by atoms with Gasteiger partial charge in [0.2, 0.25) is 6.41 Å². The summed E-state index contributed by atoms with van der Waals surface area (Å²) >= 11 is 5.80. The zero-order chi connectivity index (χ0) is 17.6. The quantitative estimate of drug-likeness (QED) is 0.823. The highest BCUT2D eigenvalue weighted by Gasteiger charge is 2.31. The van der Waals surface area contributed by atoms with Crippen molar-refractivity contribution in [3.8, 4) is 0 Å². The second-order valence-corrected chi connectivity index (χ2v) is 6.46. The van der Waals surface area contributed by atoms with Gasteiger partial charge in [-0.1, -0.05) is 17.7 Å². The summed E-state index contributed by atoms with van der Waals surface area (Å²) in [5.74, 6) is -2.55. The van der Waals surface area contributed by atoms with Crippen LogP contribution < -0.4 is 0 Å². The van der Waals surface area contributed by atoms with Crippen molar-refractivity contribution in [1.29, 1.82) is 0 Å². The third kappa shape index (κ3) is 5.83. The Labute approximate surface area is 145 Å². The van der Waals surface area contributed by atoms with Gasteiger partial charge >= 0.3 is 0 Å². The Morgan fingerprint density at radius 3 is 2.62 bits per heavy atom. The van der Waals surface area contributed by atoms with Crippen LogP contribution in [0.3, 0.4) is 0 Å². The van der Waals surface area contributed by atoms with E-state index in [1.807, 2.05) is 0 Å². The molecule has 1 aromatic rings. The Kier molecular flexibility index (Phi) is 6.69. The largest absolute Gasteiger partial charge is 0.393 e. The third-order valence-corrected chi connectivity index (χ3v) is 4.34. The number of amides is 1. The van der Waals surface area contributed by atoms with Crippen LogP contribution in [0.1, 0.15) is 37.8 Å². The highest BCUT2D eigenvalue weighted by Crippen LogP contribution is 2.35. The van der Waals surface area contributed by atoms with Crippen molar-refractivity contribution in [2.24, 2.45) is 0 Å². The number of carbonyl (C=O) groups is 1. The van der Waals surface area contributed by atoms with Crippen LogP contribution in [0.5, 0.6) is 0 Å². The number of pyridine rings is 1. The smallest absolute Gasteiger partial charge is 0.251 e. The molecule has 0 saturated carbocycles. The number of alkyl halides is 2. The van der Waals surface area contributed by atoms with Crippen LogP contribution in [0.4, 0.5) is 8.78 Å². The fraction of sp³-hybridized carbons (Fsp3) is 0.529. The normalized spacial score (nSPS) is 20.7. The average molecular weight is 359 g/mol. The number of halogens is 3. The predicted molar refractivity (Wildman–Crippen MR) is 88.9 cm³/mol. The minimum absolute atomic E-state index is 0.104. The molecule has 1 amide bonds. The molecule has 4 nitrogen and oxygen atoms in total. The zero-order valence-corrected chi connectivity index (χ0v) is 14.1. The molecule has 1 aromatic heterocycles. The van der Waals surface area contributed by atoms with Gasteiger partial charge in [0.25, 0.3) is 5.92 Å². The Morgan fingerprint density at radius 1 is 1.38 bits per heavy atom. The van der Waals surface area contributed by atoms with Crippen molar-refractivity contribution < 1.29 is 18.7 Å². The maximum absolute atomic E-state index is 12.9. The molecule has 1 fully saturated rings. The number of likely N-dealkylation sites (tertiary alicyclic amines) is 1. The van der Waals surface area contributed by atoms with E-state index in [1.165, 1.54) is 0 Å². The summed E-state index contributed by atoms with van der Waals surface area (Å²) in [4.78, 5) is 15.9. The number of hydrogen-bond donors (Lipinski definition) is 1. The first-order valence-corrected chi connectivity index (χ1v) is 8.33. The topological polar surface area (TPSA) is 53.4 Å². The highest BCUT2D eigenvalue weighted by molar-refractivity contribution is 6.30. The van der Waals surface area contributed by atoms with E-state index in [9.17, 15) is 13.6 Å². The van der Waals surface area contributed by atoms with E-state index < -0.39 is 5.92 Å². The maximum atomic E-state index is 12.9. The van der Waals surface area contributed by atoms with E-state index in [4.69, 9.17) is 16.7 Å². The molecule has 1 saturated heterocycles. The molecule has 7 heteroatoms. The monoisotopic (exact) mass is 358 g/mol. The number of aromatic nitrogens is 1. The van der Waals surface area contributed by atoms with Gasteiger partial charge < -0.3 is 10.0 Å². The number of carbonyl (C=O) groups excluding carboxylic acids is 1. The fourth-order valence-corrected chi connectivity index (χ4v) is 2.76. The Morgan fingerprint density at radius 2 is 2.08 bits per heavy atom. The van der Waals surface area contributed by atoms with E-state index in [0.717, 1.165) is 24.8 Å². The van der Waals surface area contributed by atoms with E-state index in [1.54, 1.807) is 29.3 Å². The van der Waals surface area contributed by atoms with Gasteiger partial charge in [0, 0.05) is 37.2 Å². The molecular weight excluding hydrogens is 338 g/mol. The number of piperidine rings is 1. The number of hydrogen-bond acceptors (Lipinski definition) is 3. The van der Waals surface area contributed by atoms with E-state index >= 15 is 0 Å². The van der Waals surface area contributed by atoms with Crippen LogP contribution >= 0.6 is 11.6 Å². The Bertz CT molecular complexity index is 588. The molecule has 0 aromatic carbocycles. The Hall–Kier alpha value is -1.53. The molecule has 0 bridgehead atoms. The molecule has 2 aliphatic rings. The van der Waals surface area contributed by atoms with Gasteiger partial charge in [-0.2, -0.15) is 0 Å². The fourth-order valence-electron chi connectivity index (χ4n) is 2.60. The number of rotatable bonds is 2. The minimum Gasteiger partial charge on any atom is -0.393 e. The summed E-state index contributed by atoms with van der Waals surface area (Å²) in [6.07, 6.45) is 5.34. The van der Waals surface area contributed by atoms with E-state index in [2.05, 4.69) is 4.98 Å². The number of aliphatic hydroxyl groups is 1. The number of aliphatic hydroxyl groups excluding tert-OH is 1. The minimum atomic E-state index is -2.55. The van der Waals surface area contributed by atoms with Gasteiger partial charge in [0.05, 0.1) is 11.8 Å². The summed E-state index contributed by atoms with van der Waals surface area (Å²) in [6, 6.07) is 3.37. The lowest BCUT2D eigenvalue weighted by molar-refractivity contribution is -0.119. The summed E-state index contributed by atoms with van der Waals surface area (Å²) in [6.45, 7) is 1.43. The van der Waals surface area contributed by atoms with Crippen LogP contribution in [0.25, 0.3) is 5.57 Å². The summed E-state index contributed by atoms with van der Waals surface area (Å²) < 4.78 is 25.8. The van der Waals surface area contributed by atoms with E-state index in [-0.39, 0.29) is 18.9 Å². The lowest BCUT2D eigenvalue weighted by Gasteiger charge is -2.25. The van der Waals surface area contributed by atoms with Crippen LogP contribution in [0.15, 0.2) is 24.4 Å². The maximum Gasteiger partial charge on any atom is 0.251 e. The molecule has 0 atom stereocenters. The molecule has 0 spiro atoms. The van der Waals surface area contributed by atoms with Crippen molar-refractivity contribution in [2.75, 3.05) is 13.1 Å². The van der Waals surface area contributed by atoms with E-state index in [0.29, 0.717) is 30.2 Å². The van der Waals surface area contributed by atoms with Crippen molar-refractivity contribution in [2.45, 2.75) is 44.1 Å². The standard InChI is InChI=1S/C11H10ClF2N.C6H11NO2/c12-9-3-6-15-10(7-9)8-1-4-11(13,14)5-2-8;8-5-7-3-1-6(9)2-4-7/h1,3,6-7H,2,4-5H2;5-6,9H,1-4H2. The van der Waals surface area contributed by atoms with Gasteiger partial charge in [-0.3, -0.25) is 9.78 Å². The van der Waals surface area contributed by atoms with Gasteiger partial charge in [-0.05, 0) is 37.0 Å². The lowest BCUT2D eigenvalue weighted by Crippen LogP contribution is -2.34. The van der Waals surface area contributed by atoms with Crippen LogP contribution in [-0.2, 0) is 4.79 Å². The average Bonchev–Trinajstić information content (AvgIpc) is 2.56. The molecule has 1 aliphatic carbocycles. The first kappa shape index (κ1) is 18.8. The summed E-state index contributed by atoms with van der Waals surface area (Å²) in [7, 11) is 0. The van der Waals surface area contributed by atoms with Crippen molar-refractivity contribution in [1.82, 2.24) is 9.88 Å². The third-order valence-electron chi connectivity index (χ3n) is 4.11. The molecule has 0 unspecified atom stereocenters. The SMILES string of the molecule is FC1(F)CC=C(c2cc(Cl)ccn2)CC1.O=CN1CCC(O)CC1. The molecule has 1 N–H and O–H groups in total. The van der Waals surface area contributed by atoms with Gasteiger partial charge in [0.15, 0.2) is 0 Å². The Balaban J connectivity index is 0.000000198. The number of nitrogens with zero attached hydrogens (tertiary/aromatic N) is 2. The van der Waals surface area contributed by atoms with Gasteiger partial charge in [-0.15, -0.1) is 0 Å². The molecule has 24 heavy (non-hydrogen) atoms. The van der Waals surface area contributed by atoms with Crippen LogP contribution in [0, 0.1) is 0 Å². The zero-order valence-electron chi connectivity index (χ0n) is 13.3. The van der Waals surface area contributed by atoms with Crippen LogP contribution in [0.2, 0.25) is 5.02 Å². The molecule has 3 rings (SSSR count). The van der Waals surface area contributed by atoms with Crippen molar-refractivity contribution in [3.63, 3.8) is 0 Å². The first-order valence-electron chi connectivity index (χ1n) is 7.96. The molecule has 0 radical (unpaired) electrons. The molecular formula is C17H21ClF2N2O2. The second kappa shape index (κ2) is 8.53. The second-order valence-electron chi connectivity index (χ2n) is 6.02. The van der Waals surface area contributed by atoms with Gasteiger partial charge in [-0.25, -0.2) is 8.78 Å². The van der Waals surface area contributed by atoms with Gasteiger partial charge in [0.1, 0.15) is 0 Å². The lowest BCUT2D eigenvalue weighted by atomic mass is 9.94. The number of allylic oxidation sites excluding steroid dienone is 2. The van der Waals surface area contributed by atoms with Crippen molar-refractivity contribution in [3.05, 3.63) is 35.1 Å².